The summed E-state index contributed by atoms with van der Waals surface area (Å²) in [5.74, 6) is -1.93. The Labute approximate surface area is 128 Å². The van der Waals surface area contributed by atoms with Crippen molar-refractivity contribution in [3.8, 4) is 0 Å². The van der Waals surface area contributed by atoms with E-state index in [1.807, 2.05) is 0 Å². The Balaban J connectivity index is 1.84. The van der Waals surface area contributed by atoms with E-state index in [2.05, 4.69) is 5.32 Å². The first-order valence-electron chi connectivity index (χ1n) is 7.45. The highest BCUT2D eigenvalue weighted by Gasteiger charge is 2.27. The van der Waals surface area contributed by atoms with Gasteiger partial charge in [0.25, 0.3) is 0 Å². The molecule has 1 aliphatic rings. The lowest BCUT2D eigenvalue weighted by molar-refractivity contribution is -0.128. The Kier molecular flexibility index (Phi) is 5.47. The molecule has 1 aromatic carbocycles. The molecule has 1 aromatic rings. The molecule has 2 rings (SSSR count). The predicted molar refractivity (Wildman–Crippen MR) is 77.1 cm³/mol. The van der Waals surface area contributed by atoms with Crippen molar-refractivity contribution in [1.82, 2.24) is 5.32 Å². The van der Waals surface area contributed by atoms with Crippen LogP contribution in [0, 0.1) is 11.6 Å². The van der Waals surface area contributed by atoms with E-state index in [-0.39, 0.29) is 30.7 Å². The molecular weight excluding hydrogens is 292 g/mol. The lowest BCUT2D eigenvalue weighted by Crippen LogP contribution is -2.41. The second-order valence-corrected chi connectivity index (χ2v) is 5.89. The van der Waals surface area contributed by atoms with Gasteiger partial charge in [-0.3, -0.25) is 4.79 Å². The molecule has 0 heterocycles. The molecule has 0 radical (unpaired) electrons. The summed E-state index contributed by atoms with van der Waals surface area (Å²) in [6, 6.07) is 2.94. The van der Waals surface area contributed by atoms with E-state index in [0.29, 0.717) is 6.07 Å². The highest BCUT2D eigenvalue weighted by Crippen LogP contribution is 2.23. The van der Waals surface area contributed by atoms with Gasteiger partial charge in [0, 0.05) is 11.6 Å². The van der Waals surface area contributed by atoms with Gasteiger partial charge in [-0.1, -0.05) is 18.9 Å². The summed E-state index contributed by atoms with van der Waals surface area (Å²) in [5.41, 5.74) is -1.69. The number of nitrogens with one attached hydrogen (secondary N) is 1. The zero-order valence-electron chi connectivity index (χ0n) is 12.6. The Hall–Kier alpha value is -1.53. The molecule has 0 spiro atoms. The molecule has 0 bridgehead atoms. The lowest BCUT2D eigenvalue weighted by atomic mass is 9.95. The van der Waals surface area contributed by atoms with Crippen LogP contribution >= 0.6 is 0 Å². The number of aliphatic hydroxyl groups is 1. The quantitative estimate of drug-likeness (QED) is 0.847. The number of carbonyl (C=O) groups excluding carboxylic acids is 1. The maximum atomic E-state index is 13.7. The maximum Gasteiger partial charge on any atom is 0.246 e. The summed E-state index contributed by atoms with van der Waals surface area (Å²) in [6.45, 7) is 1.11. The van der Waals surface area contributed by atoms with Gasteiger partial charge in [-0.25, -0.2) is 8.78 Å². The van der Waals surface area contributed by atoms with Gasteiger partial charge >= 0.3 is 0 Å². The molecule has 1 unspecified atom stereocenters. The molecule has 22 heavy (non-hydrogen) atoms. The van der Waals surface area contributed by atoms with Crippen molar-refractivity contribution in [3.05, 3.63) is 35.4 Å². The number of amides is 1. The average molecular weight is 313 g/mol. The first-order valence-corrected chi connectivity index (χ1v) is 7.45. The summed E-state index contributed by atoms with van der Waals surface area (Å²) in [5, 5.41) is 12.8. The van der Waals surface area contributed by atoms with E-state index in [9.17, 15) is 18.7 Å². The summed E-state index contributed by atoms with van der Waals surface area (Å²) >= 11 is 0. The second kappa shape index (κ2) is 7.15. The Morgan fingerprint density at radius 1 is 1.41 bits per heavy atom. The highest BCUT2D eigenvalue weighted by atomic mass is 19.1. The first kappa shape index (κ1) is 16.8. The van der Waals surface area contributed by atoms with Crippen LogP contribution in [0.15, 0.2) is 18.2 Å². The minimum absolute atomic E-state index is 0.0640. The second-order valence-electron chi connectivity index (χ2n) is 5.89. The fraction of sp³-hybridized carbons (Fsp3) is 0.562. The third-order valence-electron chi connectivity index (χ3n) is 3.89. The normalized spacial score (nSPS) is 18.2. The third-order valence-corrected chi connectivity index (χ3v) is 3.89. The molecule has 1 amide bonds. The first-order chi connectivity index (χ1) is 10.4. The molecule has 0 saturated heterocycles. The van der Waals surface area contributed by atoms with Gasteiger partial charge in [0.15, 0.2) is 0 Å². The molecule has 1 saturated carbocycles. The number of hydrogen-bond donors (Lipinski definition) is 2. The Morgan fingerprint density at radius 3 is 2.73 bits per heavy atom. The molecule has 1 atom stereocenters. The topological polar surface area (TPSA) is 58.6 Å². The maximum absolute atomic E-state index is 13.7. The van der Waals surface area contributed by atoms with Crippen LogP contribution in [0.3, 0.4) is 0 Å². The zero-order valence-corrected chi connectivity index (χ0v) is 12.6. The molecule has 6 heteroatoms. The standard InChI is InChI=1S/C16H21F2NO3/c1-16(21,13-7-6-11(17)8-14(13)18)10-19-15(20)9-22-12-4-2-3-5-12/h6-8,12,21H,2-5,9-10H2,1H3,(H,19,20). The van der Waals surface area contributed by atoms with Crippen LogP contribution in [-0.2, 0) is 15.1 Å². The van der Waals surface area contributed by atoms with E-state index in [1.165, 1.54) is 13.0 Å². The molecule has 1 fully saturated rings. The van der Waals surface area contributed by atoms with Crippen LogP contribution in [0.5, 0.6) is 0 Å². The van der Waals surface area contributed by atoms with Crippen LogP contribution in [-0.4, -0.2) is 30.3 Å². The van der Waals surface area contributed by atoms with Crippen LogP contribution in [0.2, 0.25) is 0 Å². The largest absolute Gasteiger partial charge is 0.383 e. The van der Waals surface area contributed by atoms with Crippen molar-refractivity contribution in [1.29, 1.82) is 0 Å². The van der Waals surface area contributed by atoms with Gasteiger partial charge in [-0.05, 0) is 25.8 Å². The van der Waals surface area contributed by atoms with Crippen molar-refractivity contribution in [2.75, 3.05) is 13.2 Å². The summed E-state index contributed by atoms with van der Waals surface area (Å²) < 4.78 is 32.0. The summed E-state index contributed by atoms with van der Waals surface area (Å²) in [7, 11) is 0. The SMILES string of the molecule is CC(O)(CNC(=O)COC1CCCC1)c1ccc(F)cc1F. The number of hydrogen-bond acceptors (Lipinski definition) is 3. The van der Waals surface area contributed by atoms with Gasteiger partial charge in [-0.15, -0.1) is 0 Å². The fourth-order valence-corrected chi connectivity index (χ4v) is 2.59. The van der Waals surface area contributed by atoms with Crippen molar-refractivity contribution < 1.29 is 23.4 Å². The molecule has 4 nitrogen and oxygen atoms in total. The Bertz CT molecular complexity index is 528. The van der Waals surface area contributed by atoms with Crippen LogP contribution in [0.1, 0.15) is 38.2 Å². The predicted octanol–water partition coefficient (Wildman–Crippen LogP) is 2.25. The lowest BCUT2D eigenvalue weighted by Gasteiger charge is -2.25. The van der Waals surface area contributed by atoms with Crippen molar-refractivity contribution >= 4 is 5.91 Å². The molecule has 1 aliphatic carbocycles. The van der Waals surface area contributed by atoms with E-state index in [4.69, 9.17) is 4.74 Å². The molecule has 122 valence electrons. The number of halogens is 2. The molecule has 0 aliphatic heterocycles. The zero-order chi connectivity index (χ0) is 16.2. The van der Waals surface area contributed by atoms with Crippen molar-refractivity contribution in [3.63, 3.8) is 0 Å². The monoisotopic (exact) mass is 313 g/mol. The number of rotatable bonds is 6. The van der Waals surface area contributed by atoms with E-state index >= 15 is 0 Å². The summed E-state index contributed by atoms with van der Waals surface area (Å²) in [4.78, 5) is 11.7. The van der Waals surface area contributed by atoms with Gasteiger partial charge in [0.1, 0.15) is 23.8 Å². The number of benzene rings is 1. The van der Waals surface area contributed by atoms with Crippen molar-refractivity contribution in [2.45, 2.75) is 44.3 Å². The van der Waals surface area contributed by atoms with Gasteiger partial charge < -0.3 is 15.2 Å². The van der Waals surface area contributed by atoms with Crippen LogP contribution in [0.4, 0.5) is 8.78 Å². The van der Waals surface area contributed by atoms with E-state index in [0.717, 1.165) is 31.7 Å². The average Bonchev–Trinajstić information content (AvgIpc) is 2.96. The van der Waals surface area contributed by atoms with Crippen LogP contribution < -0.4 is 5.32 Å². The minimum Gasteiger partial charge on any atom is -0.383 e. The third kappa shape index (κ3) is 4.48. The van der Waals surface area contributed by atoms with Gasteiger partial charge in [0.2, 0.25) is 5.91 Å². The van der Waals surface area contributed by atoms with E-state index in [1.54, 1.807) is 0 Å². The molecule has 0 aromatic heterocycles. The fourth-order valence-electron chi connectivity index (χ4n) is 2.59. The molecular formula is C16H21F2NO3. The smallest absolute Gasteiger partial charge is 0.246 e. The number of ether oxygens (including phenoxy) is 1. The Morgan fingerprint density at radius 2 is 2.09 bits per heavy atom. The summed E-state index contributed by atoms with van der Waals surface area (Å²) in [6.07, 6.45) is 4.29. The van der Waals surface area contributed by atoms with Gasteiger partial charge in [-0.2, -0.15) is 0 Å². The highest BCUT2D eigenvalue weighted by molar-refractivity contribution is 5.77. The van der Waals surface area contributed by atoms with Crippen molar-refractivity contribution in [2.24, 2.45) is 0 Å². The van der Waals surface area contributed by atoms with Crippen LogP contribution in [0.25, 0.3) is 0 Å². The van der Waals surface area contributed by atoms with Gasteiger partial charge in [0.05, 0.1) is 12.6 Å². The molecule has 2 N–H and O–H groups in total. The minimum atomic E-state index is -1.62. The number of carbonyl (C=O) groups is 1. The van der Waals surface area contributed by atoms with E-state index < -0.39 is 17.2 Å².